The highest BCUT2D eigenvalue weighted by Gasteiger charge is 2.24. The van der Waals surface area contributed by atoms with E-state index in [1.54, 1.807) is 18.2 Å². The van der Waals surface area contributed by atoms with Crippen LogP contribution in [0.15, 0.2) is 107 Å². The summed E-state index contributed by atoms with van der Waals surface area (Å²) in [5.74, 6) is -0.203. The maximum absolute atomic E-state index is 13.2. The molecule has 4 aromatic carbocycles. The van der Waals surface area contributed by atoms with Gasteiger partial charge in [-0.2, -0.15) is 8.42 Å². The molecule has 0 aliphatic rings. The van der Waals surface area contributed by atoms with Crippen LogP contribution in [0, 0.1) is 0 Å². The highest BCUT2D eigenvalue weighted by Crippen LogP contribution is 2.35. The molecule has 0 spiro atoms. The van der Waals surface area contributed by atoms with Gasteiger partial charge in [-0.05, 0) is 42.0 Å². The summed E-state index contributed by atoms with van der Waals surface area (Å²) in [5, 5.41) is 0. The van der Waals surface area contributed by atoms with Crippen molar-refractivity contribution in [3.05, 3.63) is 97.1 Å². The molecule has 0 fully saturated rings. The van der Waals surface area contributed by atoms with E-state index in [0.29, 0.717) is 22.3 Å². The molecule has 0 unspecified atom stereocenters. The second-order valence-electron chi connectivity index (χ2n) is 8.11. The first kappa shape index (κ1) is 24.4. The Hall–Kier alpha value is -4.32. The second kappa shape index (κ2) is 9.28. The van der Waals surface area contributed by atoms with E-state index in [2.05, 4.69) is 9.71 Å². The Morgan fingerprint density at radius 2 is 1.35 bits per heavy atom. The fourth-order valence-corrected chi connectivity index (χ4v) is 5.61. The number of sulfonamides is 1. The van der Waals surface area contributed by atoms with Gasteiger partial charge in [0.25, 0.3) is 20.1 Å². The summed E-state index contributed by atoms with van der Waals surface area (Å²) >= 11 is 0. The Labute approximate surface area is 213 Å². The van der Waals surface area contributed by atoms with Crippen molar-refractivity contribution in [1.82, 2.24) is 9.97 Å². The highest BCUT2D eigenvalue weighted by atomic mass is 32.2. The molecule has 0 bridgehead atoms. The number of anilines is 2. The fourth-order valence-electron chi connectivity index (χ4n) is 3.91. The molecule has 0 atom stereocenters. The molecule has 11 heteroatoms. The average Bonchev–Trinajstić information content (AvgIpc) is 2.88. The normalized spacial score (nSPS) is 11.9. The van der Waals surface area contributed by atoms with Gasteiger partial charge >= 0.3 is 0 Å². The van der Waals surface area contributed by atoms with Gasteiger partial charge in [-0.25, -0.2) is 18.4 Å². The lowest BCUT2D eigenvalue weighted by Gasteiger charge is -2.15. The summed E-state index contributed by atoms with van der Waals surface area (Å²) in [6, 6.07) is 25.9. The summed E-state index contributed by atoms with van der Waals surface area (Å²) in [7, 11) is -8.83. The van der Waals surface area contributed by atoms with E-state index in [4.69, 9.17) is 10.7 Å². The molecule has 1 heterocycles. The van der Waals surface area contributed by atoms with Gasteiger partial charge in [0.15, 0.2) is 5.82 Å². The van der Waals surface area contributed by atoms with Crippen molar-refractivity contribution >= 4 is 42.7 Å². The van der Waals surface area contributed by atoms with Gasteiger partial charge in [-0.3, -0.25) is 9.27 Å². The number of nitrogens with zero attached hydrogens (tertiary/aromatic N) is 2. The summed E-state index contributed by atoms with van der Waals surface area (Å²) in [6.45, 7) is 0. The fraction of sp³-hybridized carbons (Fsp3) is 0. The maximum atomic E-state index is 13.2. The van der Waals surface area contributed by atoms with Crippen LogP contribution in [0.4, 0.5) is 11.5 Å². The summed E-state index contributed by atoms with van der Waals surface area (Å²) < 4.78 is 63.1. The summed E-state index contributed by atoms with van der Waals surface area (Å²) in [4.78, 5) is 8.73. The zero-order valence-electron chi connectivity index (χ0n) is 19.1. The predicted octanol–water partition coefficient (Wildman–Crippen LogP) is 4.59. The van der Waals surface area contributed by atoms with Gasteiger partial charge in [0.2, 0.25) is 0 Å². The summed E-state index contributed by atoms with van der Waals surface area (Å²) in [5.41, 5.74) is 8.34. The Morgan fingerprint density at radius 1 is 0.703 bits per heavy atom. The first-order valence-corrected chi connectivity index (χ1v) is 13.9. The number of fused-ring (bicyclic) bond motifs is 1. The number of rotatable bonds is 6. The Morgan fingerprint density at radius 3 is 2.05 bits per heavy atom. The van der Waals surface area contributed by atoms with Crippen molar-refractivity contribution in [2.24, 2.45) is 0 Å². The van der Waals surface area contributed by atoms with E-state index in [-0.39, 0.29) is 22.0 Å². The number of nitrogens with one attached hydrogen (secondary N) is 1. The van der Waals surface area contributed by atoms with Gasteiger partial charge in [-0.1, -0.05) is 60.7 Å². The maximum Gasteiger partial charge on any atom is 0.295 e. The Bertz CT molecular complexity index is 1840. The highest BCUT2D eigenvalue weighted by molar-refractivity contribution is 7.92. The van der Waals surface area contributed by atoms with Crippen LogP contribution in [-0.2, 0) is 20.1 Å². The molecule has 0 saturated carbocycles. The van der Waals surface area contributed by atoms with E-state index >= 15 is 0 Å². The van der Waals surface area contributed by atoms with Crippen molar-refractivity contribution in [3.63, 3.8) is 0 Å². The van der Waals surface area contributed by atoms with Crippen LogP contribution < -0.4 is 10.5 Å². The van der Waals surface area contributed by atoms with Crippen molar-refractivity contribution < 1.29 is 21.4 Å². The number of hydrogen-bond acceptors (Lipinski definition) is 7. The molecule has 5 rings (SSSR count). The minimum Gasteiger partial charge on any atom is -0.399 e. The third kappa shape index (κ3) is 4.87. The molecule has 1 aromatic heterocycles. The lowest BCUT2D eigenvalue weighted by molar-refractivity contribution is 0.483. The van der Waals surface area contributed by atoms with Crippen LogP contribution in [0.2, 0.25) is 0 Å². The Kier molecular flexibility index (Phi) is 6.12. The van der Waals surface area contributed by atoms with Crippen molar-refractivity contribution in [1.29, 1.82) is 0 Å². The van der Waals surface area contributed by atoms with Gasteiger partial charge in [0, 0.05) is 16.8 Å². The molecular formula is C26H20N4O5S2. The van der Waals surface area contributed by atoms with Crippen LogP contribution in [0.3, 0.4) is 0 Å². The number of aromatic nitrogens is 2. The molecule has 37 heavy (non-hydrogen) atoms. The van der Waals surface area contributed by atoms with E-state index in [1.165, 1.54) is 42.5 Å². The van der Waals surface area contributed by atoms with Crippen molar-refractivity contribution in [2.45, 2.75) is 9.79 Å². The predicted molar refractivity (Wildman–Crippen MR) is 142 cm³/mol. The van der Waals surface area contributed by atoms with E-state index in [1.807, 2.05) is 36.4 Å². The molecular weight excluding hydrogens is 512 g/mol. The smallest absolute Gasteiger partial charge is 0.295 e. The molecule has 4 N–H and O–H groups in total. The topological polar surface area (TPSA) is 152 Å². The Balaban J connectivity index is 1.79. The monoisotopic (exact) mass is 532 g/mol. The van der Waals surface area contributed by atoms with Crippen LogP contribution in [0.1, 0.15) is 0 Å². The van der Waals surface area contributed by atoms with Crippen LogP contribution >= 0.6 is 0 Å². The minimum atomic E-state index is -4.67. The number of nitrogen functional groups attached to an aromatic ring is 1. The minimum absolute atomic E-state index is 0.0164. The summed E-state index contributed by atoms with van der Waals surface area (Å²) in [6.07, 6.45) is 0. The number of benzene rings is 4. The van der Waals surface area contributed by atoms with Crippen LogP contribution in [0.25, 0.3) is 33.4 Å². The second-order valence-corrected chi connectivity index (χ2v) is 11.2. The number of para-hydroxylation sites is 1. The largest absolute Gasteiger partial charge is 0.399 e. The molecule has 0 radical (unpaired) electrons. The zero-order valence-corrected chi connectivity index (χ0v) is 20.7. The van der Waals surface area contributed by atoms with Crippen LogP contribution in [-0.4, -0.2) is 31.4 Å². The molecule has 0 aliphatic carbocycles. The first-order valence-electron chi connectivity index (χ1n) is 10.9. The third-order valence-electron chi connectivity index (χ3n) is 5.62. The number of hydrogen-bond donors (Lipinski definition) is 3. The van der Waals surface area contributed by atoms with Crippen molar-refractivity contribution in [3.8, 4) is 22.4 Å². The van der Waals surface area contributed by atoms with Gasteiger partial charge in [0.1, 0.15) is 10.6 Å². The van der Waals surface area contributed by atoms with Crippen molar-refractivity contribution in [2.75, 3.05) is 10.5 Å². The van der Waals surface area contributed by atoms with Crippen LogP contribution in [0.5, 0.6) is 0 Å². The molecule has 0 aliphatic heterocycles. The zero-order chi connectivity index (χ0) is 26.2. The number of nitrogens with two attached hydrogens (primary N) is 1. The molecule has 5 aromatic rings. The third-order valence-corrected chi connectivity index (χ3v) is 7.89. The van der Waals surface area contributed by atoms with Gasteiger partial charge in [0.05, 0.1) is 15.9 Å². The molecule has 9 nitrogen and oxygen atoms in total. The van der Waals surface area contributed by atoms with E-state index in [9.17, 15) is 21.4 Å². The van der Waals surface area contributed by atoms with E-state index < -0.39 is 25.0 Å². The SMILES string of the molecule is Nc1ccc(S(=O)(=O)Nc2nc3cccc(-c4ccccc4)c3nc2-c2ccccc2S(=O)(=O)O)cc1. The average molecular weight is 533 g/mol. The standard InChI is InChI=1S/C26H20N4O5S2/c27-18-13-15-19(16-14-18)36(31,32)30-26-25(21-9-4-5-12-23(21)37(33,34)35)29-24-20(10-6-11-22(24)28-26)17-7-2-1-3-8-17/h1-16H,27H2,(H,28,30)(H,33,34,35). The lowest BCUT2D eigenvalue weighted by atomic mass is 10.0. The van der Waals surface area contributed by atoms with E-state index in [0.717, 1.165) is 5.56 Å². The quantitative estimate of drug-likeness (QED) is 0.212. The first-order chi connectivity index (χ1) is 17.6. The molecule has 0 saturated heterocycles. The van der Waals surface area contributed by atoms with Gasteiger partial charge < -0.3 is 5.73 Å². The lowest BCUT2D eigenvalue weighted by Crippen LogP contribution is -2.16. The molecule has 0 amide bonds. The molecule has 186 valence electrons. The van der Waals surface area contributed by atoms with Gasteiger partial charge in [-0.15, -0.1) is 0 Å².